The highest BCUT2D eigenvalue weighted by atomic mass is 16.3. The van der Waals surface area contributed by atoms with Crippen LogP contribution in [0.3, 0.4) is 0 Å². The monoisotopic (exact) mass is 273 g/mol. The first kappa shape index (κ1) is 13.0. The second-order valence-electron chi connectivity index (χ2n) is 5.49. The summed E-state index contributed by atoms with van der Waals surface area (Å²) in [6.45, 7) is 6.46. The third kappa shape index (κ3) is 2.35. The second-order valence-corrected chi connectivity index (χ2v) is 5.49. The Hall–Kier alpha value is -2.04. The minimum atomic E-state index is -0.0513. The van der Waals surface area contributed by atoms with E-state index >= 15 is 0 Å². The summed E-state index contributed by atoms with van der Waals surface area (Å²) in [5.41, 5.74) is 1.67. The van der Waals surface area contributed by atoms with Crippen LogP contribution in [0, 0.1) is 20.8 Å². The summed E-state index contributed by atoms with van der Waals surface area (Å²) in [5.74, 6) is 2.51. The molecule has 0 bridgehead atoms. The zero-order chi connectivity index (χ0) is 14.3. The van der Waals surface area contributed by atoms with Crippen molar-refractivity contribution in [3.63, 3.8) is 0 Å². The van der Waals surface area contributed by atoms with Gasteiger partial charge in [0.1, 0.15) is 17.3 Å². The van der Waals surface area contributed by atoms with Crippen molar-refractivity contribution >= 4 is 5.91 Å². The molecule has 1 atom stereocenters. The Balaban J connectivity index is 1.70. The number of fused-ring (bicyclic) bond motifs is 1. The number of carbonyl (C=O) groups excluding carboxylic acids is 1. The SMILES string of the molecule is Cc1cn2c(n1)CC[C@H](NC(=O)c1cc(C)oc1C)C2. The predicted molar refractivity (Wildman–Crippen MR) is 74.7 cm³/mol. The number of hydrogen-bond donors (Lipinski definition) is 1. The molecular weight excluding hydrogens is 254 g/mol. The van der Waals surface area contributed by atoms with Crippen molar-refractivity contribution in [2.24, 2.45) is 0 Å². The summed E-state index contributed by atoms with van der Waals surface area (Å²) in [7, 11) is 0. The van der Waals surface area contributed by atoms with Gasteiger partial charge in [0.15, 0.2) is 0 Å². The number of imidazole rings is 1. The Morgan fingerprint density at radius 1 is 1.45 bits per heavy atom. The van der Waals surface area contributed by atoms with Crippen LogP contribution >= 0.6 is 0 Å². The summed E-state index contributed by atoms with van der Waals surface area (Å²) in [6.07, 6.45) is 3.88. The Kier molecular flexibility index (Phi) is 3.12. The van der Waals surface area contributed by atoms with E-state index in [-0.39, 0.29) is 11.9 Å². The van der Waals surface area contributed by atoms with Crippen LogP contribution in [0.5, 0.6) is 0 Å². The smallest absolute Gasteiger partial charge is 0.255 e. The molecule has 0 spiro atoms. The third-order valence-electron chi connectivity index (χ3n) is 3.73. The van der Waals surface area contributed by atoms with Crippen LogP contribution in [0.2, 0.25) is 0 Å². The molecule has 2 aromatic rings. The van der Waals surface area contributed by atoms with E-state index in [0.29, 0.717) is 11.3 Å². The summed E-state index contributed by atoms with van der Waals surface area (Å²) >= 11 is 0. The average Bonchev–Trinajstić information content (AvgIpc) is 2.90. The van der Waals surface area contributed by atoms with Crippen molar-refractivity contribution in [3.8, 4) is 0 Å². The zero-order valence-corrected chi connectivity index (χ0v) is 12.1. The third-order valence-corrected chi connectivity index (χ3v) is 3.73. The van der Waals surface area contributed by atoms with Crippen molar-refractivity contribution in [1.29, 1.82) is 0 Å². The number of nitrogens with zero attached hydrogens (tertiary/aromatic N) is 2. The van der Waals surface area contributed by atoms with E-state index in [4.69, 9.17) is 4.42 Å². The number of hydrogen-bond acceptors (Lipinski definition) is 3. The van der Waals surface area contributed by atoms with Gasteiger partial charge in [-0.05, 0) is 33.3 Å². The van der Waals surface area contributed by atoms with E-state index in [1.165, 1.54) is 0 Å². The Morgan fingerprint density at radius 3 is 2.95 bits per heavy atom. The van der Waals surface area contributed by atoms with E-state index in [9.17, 15) is 4.79 Å². The highest BCUT2D eigenvalue weighted by Crippen LogP contribution is 2.17. The fourth-order valence-corrected chi connectivity index (χ4v) is 2.82. The standard InChI is InChI=1S/C15H19N3O2/c1-9-7-18-8-12(4-5-14(18)16-9)17-15(19)13-6-10(2)20-11(13)3/h6-7,12H,4-5,8H2,1-3H3,(H,17,19)/t12-/m0/s1. The topological polar surface area (TPSA) is 60.1 Å². The van der Waals surface area contributed by atoms with Crippen LogP contribution in [-0.4, -0.2) is 21.5 Å². The lowest BCUT2D eigenvalue weighted by Crippen LogP contribution is -2.40. The van der Waals surface area contributed by atoms with Crippen molar-refractivity contribution in [3.05, 3.63) is 40.9 Å². The number of amides is 1. The number of aromatic nitrogens is 2. The first-order valence-corrected chi connectivity index (χ1v) is 6.93. The molecule has 1 aliphatic rings. The van der Waals surface area contributed by atoms with E-state index in [1.807, 2.05) is 27.0 Å². The second kappa shape index (κ2) is 4.81. The molecule has 5 nitrogen and oxygen atoms in total. The molecule has 0 fully saturated rings. The molecule has 0 saturated heterocycles. The van der Waals surface area contributed by atoms with Gasteiger partial charge in [-0.25, -0.2) is 4.98 Å². The molecule has 0 aliphatic carbocycles. The summed E-state index contributed by atoms with van der Waals surface area (Å²) in [4.78, 5) is 16.7. The number of furan rings is 1. The van der Waals surface area contributed by atoms with Crippen LogP contribution in [-0.2, 0) is 13.0 Å². The molecule has 2 aromatic heterocycles. The number of carbonyl (C=O) groups is 1. The van der Waals surface area contributed by atoms with Crippen LogP contribution < -0.4 is 5.32 Å². The van der Waals surface area contributed by atoms with Crippen LogP contribution in [0.15, 0.2) is 16.7 Å². The summed E-state index contributed by atoms with van der Waals surface area (Å²) < 4.78 is 7.54. The fraction of sp³-hybridized carbons (Fsp3) is 0.467. The molecule has 106 valence electrons. The predicted octanol–water partition coefficient (Wildman–Crippen LogP) is 2.15. The van der Waals surface area contributed by atoms with E-state index in [2.05, 4.69) is 14.9 Å². The van der Waals surface area contributed by atoms with Gasteiger partial charge in [0.2, 0.25) is 0 Å². The van der Waals surface area contributed by atoms with Gasteiger partial charge < -0.3 is 14.3 Å². The molecule has 1 N–H and O–H groups in total. The van der Waals surface area contributed by atoms with Gasteiger partial charge in [-0.3, -0.25) is 4.79 Å². The lowest BCUT2D eigenvalue weighted by Gasteiger charge is -2.24. The number of rotatable bonds is 2. The van der Waals surface area contributed by atoms with Crippen molar-refractivity contribution in [2.45, 2.75) is 46.2 Å². The summed E-state index contributed by atoms with van der Waals surface area (Å²) in [5, 5.41) is 3.09. The largest absolute Gasteiger partial charge is 0.466 e. The van der Waals surface area contributed by atoms with Gasteiger partial charge in [0, 0.05) is 25.2 Å². The Bertz CT molecular complexity index is 654. The maximum Gasteiger partial charge on any atom is 0.255 e. The number of aryl methyl sites for hydroxylation is 4. The fourth-order valence-electron chi connectivity index (χ4n) is 2.82. The van der Waals surface area contributed by atoms with Gasteiger partial charge >= 0.3 is 0 Å². The highest BCUT2D eigenvalue weighted by Gasteiger charge is 2.23. The maximum absolute atomic E-state index is 12.3. The van der Waals surface area contributed by atoms with Gasteiger partial charge in [0.25, 0.3) is 5.91 Å². The van der Waals surface area contributed by atoms with Crippen LogP contribution in [0.25, 0.3) is 0 Å². The molecular formula is C15H19N3O2. The van der Waals surface area contributed by atoms with Gasteiger partial charge in [-0.15, -0.1) is 0 Å². The first-order chi connectivity index (χ1) is 9.52. The molecule has 0 radical (unpaired) electrons. The van der Waals surface area contributed by atoms with Crippen molar-refractivity contribution in [2.75, 3.05) is 0 Å². The molecule has 1 aliphatic heterocycles. The Morgan fingerprint density at radius 2 is 2.25 bits per heavy atom. The molecule has 0 unspecified atom stereocenters. The molecule has 3 rings (SSSR count). The average molecular weight is 273 g/mol. The maximum atomic E-state index is 12.3. The van der Waals surface area contributed by atoms with Crippen LogP contribution in [0.1, 0.15) is 39.8 Å². The van der Waals surface area contributed by atoms with Crippen LogP contribution in [0.4, 0.5) is 0 Å². The molecule has 0 aromatic carbocycles. The molecule has 20 heavy (non-hydrogen) atoms. The molecule has 0 saturated carbocycles. The van der Waals surface area contributed by atoms with E-state index in [1.54, 1.807) is 6.07 Å². The quantitative estimate of drug-likeness (QED) is 0.912. The van der Waals surface area contributed by atoms with E-state index < -0.39 is 0 Å². The zero-order valence-electron chi connectivity index (χ0n) is 12.1. The number of nitrogens with one attached hydrogen (secondary N) is 1. The van der Waals surface area contributed by atoms with E-state index in [0.717, 1.165) is 36.7 Å². The van der Waals surface area contributed by atoms with Gasteiger partial charge in [-0.2, -0.15) is 0 Å². The normalized spacial score (nSPS) is 17.9. The Labute approximate surface area is 118 Å². The molecule has 3 heterocycles. The molecule has 1 amide bonds. The summed E-state index contributed by atoms with van der Waals surface area (Å²) in [6, 6.07) is 1.94. The first-order valence-electron chi connectivity index (χ1n) is 6.93. The minimum absolute atomic E-state index is 0.0513. The van der Waals surface area contributed by atoms with Crippen molar-refractivity contribution in [1.82, 2.24) is 14.9 Å². The lowest BCUT2D eigenvalue weighted by molar-refractivity contribution is 0.0926. The lowest BCUT2D eigenvalue weighted by atomic mass is 10.1. The van der Waals surface area contributed by atoms with Gasteiger partial charge in [0.05, 0.1) is 11.3 Å². The van der Waals surface area contributed by atoms with Crippen molar-refractivity contribution < 1.29 is 9.21 Å². The van der Waals surface area contributed by atoms with Gasteiger partial charge in [-0.1, -0.05) is 0 Å². The molecule has 5 heteroatoms. The highest BCUT2D eigenvalue weighted by molar-refractivity contribution is 5.95. The minimum Gasteiger partial charge on any atom is -0.466 e.